The summed E-state index contributed by atoms with van der Waals surface area (Å²) >= 11 is 6.06. The molecule has 2 aromatic carbocycles. The molecule has 36 heavy (non-hydrogen) atoms. The number of halogens is 2. The normalized spacial score (nSPS) is 17.2. The van der Waals surface area contributed by atoms with Crippen molar-refractivity contribution < 1.29 is 28.6 Å². The van der Waals surface area contributed by atoms with Crippen LogP contribution in [0.3, 0.4) is 0 Å². The van der Waals surface area contributed by atoms with Crippen molar-refractivity contribution >= 4 is 23.6 Å². The number of likely N-dealkylation sites (N-methyl/N-ethyl adjacent to an activating group) is 1. The van der Waals surface area contributed by atoms with E-state index < -0.39 is 18.0 Å². The molecule has 8 nitrogen and oxygen atoms in total. The molecule has 0 aliphatic carbocycles. The fourth-order valence-electron chi connectivity index (χ4n) is 4.31. The second-order valence-corrected chi connectivity index (χ2v) is 9.26. The molecule has 0 bridgehead atoms. The molecule has 0 saturated carbocycles. The van der Waals surface area contributed by atoms with Crippen LogP contribution in [0.5, 0.6) is 0 Å². The minimum absolute atomic E-state index is 0.0379. The Kier molecular flexibility index (Phi) is 10.9. The Bertz CT molecular complexity index is 999. The lowest BCUT2D eigenvalue weighted by Gasteiger charge is -2.26. The monoisotopic (exact) mass is 521 g/mol. The van der Waals surface area contributed by atoms with Crippen molar-refractivity contribution in [3.05, 3.63) is 70.0 Å². The maximum atomic E-state index is 14.1. The Morgan fingerprint density at radius 2 is 2.06 bits per heavy atom. The Morgan fingerprint density at radius 3 is 2.75 bits per heavy atom. The van der Waals surface area contributed by atoms with Crippen LogP contribution in [0, 0.1) is 11.7 Å². The highest BCUT2D eigenvalue weighted by Crippen LogP contribution is 2.29. The number of rotatable bonds is 12. The number of amides is 2. The summed E-state index contributed by atoms with van der Waals surface area (Å²) in [5, 5.41) is 17.5. The summed E-state index contributed by atoms with van der Waals surface area (Å²) in [5.74, 6) is -0.284. The lowest BCUT2D eigenvalue weighted by molar-refractivity contribution is 0.0478. The van der Waals surface area contributed by atoms with E-state index in [4.69, 9.17) is 26.2 Å². The van der Waals surface area contributed by atoms with Gasteiger partial charge in [-0.15, -0.1) is 0 Å². The second kappa shape index (κ2) is 14.1. The zero-order valence-electron chi connectivity index (χ0n) is 20.3. The van der Waals surface area contributed by atoms with E-state index in [1.165, 1.54) is 12.1 Å². The second-order valence-electron chi connectivity index (χ2n) is 8.83. The van der Waals surface area contributed by atoms with Gasteiger partial charge in [-0.3, -0.25) is 4.79 Å². The minimum atomic E-state index is -1.17. The van der Waals surface area contributed by atoms with Gasteiger partial charge in [0.1, 0.15) is 11.9 Å². The molecule has 3 rings (SSSR count). The molecule has 1 aliphatic heterocycles. The van der Waals surface area contributed by atoms with Gasteiger partial charge in [-0.2, -0.15) is 0 Å². The van der Waals surface area contributed by atoms with Crippen LogP contribution in [0.2, 0.25) is 5.02 Å². The van der Waals surface area contributed by atoms with E-state index in [0.717, 1.165) is 32.5 Å². The van der Waals surface area contributed by atoms with Gasteiger partial charge in [-0.25, -0.2) is 9.18 Å². The van der Waals surface area contributed by atoms with Crippen LogP contribution in [0.1, 0.15) is 46.9 Å². The Labute approximate surface area is 215 Å². The van der Waals surface area contributed by atoms with Gasteiger partial charge in [-0.05, 0) is 73.7 Å². The predicted molar refractivity (Wildman–Crippen MR) is 135 cm³/mol. The fourth-order valence-corrected chi connectivity index (χ4v) is 4.54. The van der Waals surface area contributed by atoms with E-state index in [9.17, 15) is 14.0 Å². The number of hydrogen-bond donors (Lipinski definition) is 4. The smallest absolute Gasteiger partial charge is 0.404 e. The fraction of sp³-hybridized carbons (Fsp3) is 0.462. The van der Waals surface area contributed by atoms with Crippen LogP contribution in [0.15, 0.2) is 42.5 Å². The summed E-state index contributed by atoms with van der Waals surface area (Å²) in [4.78, 5) is 23.7. The highest BCUT2D eigenvalue weighted by molar-refractivity contribution is 6.30. The number of ether oxygens (including phenoxy) is 2. The molecule has 3 atom stereocenters. The number of benzene rings is 2. The van der Waals surface area contributed by atoms with Crippen molar-refractivity contribution in [2.75, 3.05) is 40.0 Å². The molecule has 0 aromatic heterocycles. The molecule has 2 amide bonds. The largest absolute Gasteiger partial charge is 0.465 e. The third-order valence-corrected chi connectivity index (χ3v) is 6.31. The molecule has 196 valence electrons. The number of carbonyl (C=O) groups is 2. The summed E-state index contributed by atoms with van der Waals surface area (Å²) < 4.78 is 25.5. The molecular formula is C26H33ClFN3O5. The van der Waals surface area contributed by atoms with Crippen molar-refractivity contribution in [2.45, 2.75) is 31.4 Å². The Morgan fingerprint density at radius 1 is 1.22 bits per heavy atom. The first-order chi connectivity index (χ1) is 17.4. The summed E-state index contributed by atoms with van der Waals surface area (Å²) in [5.41, 5.74) is 1.50. The SMILES string of the molecule is CN[C@@H](CNC(=O)c1cccc(C(OCCNC(=O)O)c2cc(F)cc(Cl)c2)c1)C[C@H]1CCCOC1. The van der Waals surface area contributed by atoms with E-state index in [2.05, 4.69) is 16.0 Å². The molecule has 1 fully saturated rings. The van der Waals surface area contributed by atoms with Crippen molar-refractivity contribution in [3.63, 3.8) is 0 Å². The number of nitrogens with one attached hydrogen (secondary N) is 3. The number of carboxylic acid groups (broad SMARTS) is 1. The van der Waals surface area contributed by atoms with E-state index in [-0.39, 0.29) is 30.1 Å². The van der Waals surface area contributed by atoms with Crippen LogP contribution in [-0.2, 0) is 9.47 Å². The minimum Gasteiger partial charge on any atom is -0.465 e. The molecule has 1 unspecified atom stereocenters. The van der Waals surface area contributed by atoms with Gasteiger partial charge < -0.3 is 30.5 Å². The number of carbonyl (C=O) groups excluding carboxylic acids is 1. The van der Waals surface area contributed by atoms with Gasteiger partial charge in [0.05, 0.1) is 6.61 Å². The highest BCUT2D eigenvalue weighted by Gasteiger charge is 2.21. The van der Waals surface area contributed by atoms with Crippen LogP contribution >= 0.6 is 11.6 Å². The van der Waals surface area contributed by atoms with Crippen LogP contribution < -0.4 is 16.0 Å². The topological polar surface area (TPSA) is 109 Å². The Balaban J connectivity index is 1.70. The summed E-state index contributed by atoms with van der Waals surface area (Å²) in [6.45, 7) is 2.12. The highest BCUT2D eigenvalue weighted by atomic mass is 35.5. The van der Waals surface area contributed by atoms with Crippen LogP contribution in [0.4, 0.5) is 9.18 Å². The molecule has 1 aliphatic rings. The lowest BCUT2D eigenvalue weighted by atomic mass is 9.94. The maximum absolute atomic E-state index is 14.1. The molecule has 0 spiro atoms. The average molecular weight is 522 g/mol. The van der Waals surface area contributed by atoms with E-state index in [1.54, 1.807) is 30.3 Å². The molecule has 0 radical (unpaired) electrons. The van der Waals surface area contributed by atoms with Gasteiger partial charge >= 0.3 is 6.09 Å². The molecule has 1 saturated heterocycles. The lowest BCUT2D eigenvalue weighted by Crippen LogP contribution is -2.41. The molecule has 1 heterocycles. The first-order valence-electron chi connectivity index (χ1n) is 12.0. The summed E-state index contributed by atoms with van der Waals surface area (Å²) in [6.07, 6.45) is 1.18. The predicted octanol–water partition coefficient (Wildman–Crippen LogP) is 3.99. The third-order valence-electron chi connectivity index (χ3n) is 6.09. The Hall–Kier alpha value is -2.72. The van der Waals surface area contributed by atoms with E-state index >= 15 is 0 Å². The third kappa shape index (κ3) is 8.74. The van der Waals surface area contributed by atoms with Crippen LogP contribution in [-0.4, -0.2) is 63.1 Å². The number of hydrogen-bond acceptors (Lipinski definition) is 5. The van der Waals surface area contributed by atoms with E-state index in [0.29, 0.717) is 29.2 Å². The maximum Gasteiger partial charge on any atom is 0.404 e. The first-order valence-corrected chi connectivity index (χ1v) is 12.4. The molecular weight excluding hydrogens is 489 g/mol. The quantitative estimate of drug-likeness (QED) is 0.314. The summed E-state index contributed by atoms with van der Waals surface area (Å²) in [7, 11) is 1.88. The van der Waals surface area contributed by atoms with Crippen molar-refractivity contribution in [1.29, 1.82) is 0 Å². The first kappa shape index (κ1) is 27.9. The average Bonchev–Trinajstić information content (AvgIpc) is 2.86. The molecule has 4 N–H and O–H groups in total. The van der Waals surface area contributed by atoms with Crippen molar-refractivity contribution in [2.24, 2.45) is 5.92 Å². The summed E-state index contributed by atoms with van der Waals surface area (Å²) in [6, 6.07) is 11.1. The molecule has 2 aromatic rings. The zero-order valence-corrected chi connectivity index (χ0v) is 21.0. The van der Waals surface area contributed by atoms with Crippen molar-refractivity contribution in [3.8, 4) is 0 Å². The van der Waals surface area contributed by atoms with Crippen LogP contribution in [0.25, 0.3) is 0 Å². The van der Waals surface area contributed by atoms with Gasteiger partial charge in [0.2, 0.25) is 0 Å². The molecule has 10 heteroatoms. The van der Waals surface area contributed by atoms with Crippen molar-refractivity contribution in [1.82, 2.24) is 16.0 Å². The zero-order chi connectivity index (χ0) is 25.9. The van der Waals surface area contributed by atoms with Gasteiger partial charge in [-0.1, -0.05) is 23.7 Å². The van der Waals surface area contributed by atoms with Gasteiger partial charge in [0.15, 0.2) is 0 Å². The van der Waals surface area contributed by atoms with Gasteiger partial charge in [0, 0.05) is 42.9 Å². The van der Waals surface area contributed by atoms with E-state index in [1.807, 2.05) is 7.05 Å². The standard InChI is InChI=1S/C26H33ClFN3O5/c1-29-23(10-17-4-3-8-35-16-17)15-31-25(32)19-6-2-5-18(11-19)24(36-9-7-30-26(33)34)20-12-21(27)14-22(28)13-20/h2,5-6,11-14,17,23-24,29-30H,3-4,7-10,15-16H2,1H3,(H,31,32)(H,33,34)/t17-,23-,24?/m1/s1. The van der Waals surface area contributed by atoms with Gasteiger partial charge in [0.25, 0.3) is 5.91 Å².